The number of nitrogens with zero attached hydrogens (tertiary/aromatic N) is 3. The third-order valence-corrected chi connectivity index (χ3v) is 3.50. The van der Waals surface area contributed by atoms with Crippen molar-refractivity contribution in [3.05, 3.63) is 0 Å². The lowest BCUT2D eigenvalue weighted by atomic mass is 10.2. The van der Waals surface area contributed by atoms with Gasteiger partial charge in [0.05, 0.1) is 6.61 Å². The van der Waals surface area contributed by atoms with Gasteiger partial charge in [-0.1, -0.05) is 13.8 Å². The molecule has 90 valence electrons. The van der Waals surface area contributed by atoms with Crippen molar-refractivity contribution in [3.63, 3.8) is 0 Å². The maximum Gasteiger partial charge on any atom is 0.191 e. The summed E-state index contributed by atoms with van der Waals surface area (Å²) in [5.41, 5.74) is 0. The fourth-order valence-electron chi connectivity index (χ4n) is 1.08. The molecule has 0 rings (SSSR count). The smallest absolute Gasteiger partial charge is 0.191 e. The maximum atomic E-state index is 5.55. The van der Waals surface area contributed by atoms with Crippen molar-refractivity contribution in [2.45, 2.75) is 20.8 Å². The first-order valence-corrected chi connectivity index (χ1v) is 6.46. The Morgan fingerprint density at radius 1 is 1.20 bits per heavy atom. The molecule has 0 fully saturated rings. The maximum absolute atomic E-state index is 5.55. The van der Waals surface area contributed by atoms with Crippen LogP contribution >= 0.6 is 8.37 Å². The molecule has 0 saturated heterocycles. The van der Waals surface area contributed by atoms with E-state index in [1.807, 2.05) is 35.1 Å². The van der Waals surface area contributed by atoms with Gasteiger partial charge in [0, 0.05) is 5.92 Å². The minimum Gasteiger partial charge on any atom is -0.481 e. The van der Waals surface area contributed by atoms with Crippen molar-refractivity contribution in [1.82, 2.24) is 9.34 Å². The third kappa shape index (κ3) is 5.45. The Balaban J connectivity index is 4.73. The predicted octanol–water partition coefficient (Wildman–Crippen LogP) is 2.43. The molecule has 0 bridgehead atoms. The molecule has 0 aliphatic rings. The highest BCUT2D eigenvalue weighted by molar-refractivity contribution is 7.51. The van der Waals surface area contributed by atoms with E-state index < -0.39 is 8.37 Å². The summed E-state index contributed by atoms with van der Waals surface area (Å²) in [5.74, 6) is 1.20. The van der Waals surface area contributed by atoms with E-state index in [1.54, 1.807) is 0 Å². The summed E-state index contributed by atoms with van der Waals surface area (Å²) in [6.07, 6.45) is 0. The summed E-state index contributed by atoms with van der Waals surface area (Å²) in [6.45, 7) is 6.88. The molecule has 0 aliphatic carbocycles. The topological polar surface area (TPSA) is 28.1 Å². The quantitative estimate of drug-likeness (QED) is 0.415. The van der Waals surface area contributed by atoms with Gasteiger partial charge in [0.2, 0.25) is 0 Å². The highest BCUT2D eigenvalue weighted by atomic mass is 31.1. The minimum absolute atomic E-state index is 0.342. The van der Waals surface area contributed by atoms with Gasteiger partial charge in [0.15, 0.2) is 14.3 Å². The lowest BCUT2D eigenvalue weighted by Crippen LogP contribution is -2.19. The van der Waals surface area contributed by atoms with E-state index >= 15 is 0 Å². The molecule has 15 heavy (non-hydrogen) atoms. The van der Waals surface area contributed by atoms with Gasteiger partial charge in [0.25, 0.3) is 0 Å². The highest BCUT2D eigenvalue weighted by Crippen LogP contribution is 2.41. The molecule has 0 aromatic rings. The second-order valence-electron chi connectivity index (χ2n) is 3.99. The van der Waals surface area contributed by atoms with Crippen LogP contribution in [0.5, 0.6) is 0 Å². The van der Waals surface area contributed by atoms with Crippen LogP contribution < -0.4 is 0 Å². The lowest BCUT2D eigenvalue weighted by molar-refractivity contribution is 0.307. The molecule has 4 nitrogen and oxygen atoms in total. The highest BCUT2D eigenvalue weighted by Gasteiger charge is 2.16. The van der Waals surface area contributed by atoms with Crippen molar-refractivity contribution in [3.8, 4) is 0 Å². The first-order chi connectivity index (χ1) is 6.90. The van der Waals surface area contributed by atoms with Crippen molar-refractivity contribution in [1.29, 1.82) is 0 Å². The van der Waals surface area contributed by atoms with Crippen LogP contribution in [0.2, 0.25) is 0 Å². The van der Waals surface area contributed by atoms with Gasteiger partial charge in [-0.2, -0.15) is 4.76 Å². The second-order valence-corrected chi connectivity index (χ2v) is 6.33. The largest absolute Gasteiger partial charge is 0.481 e. The molecule has 0 aliphatic heterocycles. The minimum atomic E-state index is -0.632. The zero-order valence-electron chi connectivity index (χ0n) is 11.0. The molecule has 0 aromatic heterocycles. The molecular weight excluding hydrogens is 209 g/mol. The molecule has 0 radical (unpaired) electrons. The molecule has 0 amide bonds. The molecule has 0 spiro atoms. The summed E-state index contributed by atoms with van der Waals surface area (Å²) >= 11 is 0. The van der Waals surface area contributed by atoms with E-state index in [0.29, 0.717) is 12.5 Å². The average Bonchev–Trinajstić information content (AvgIpc) is 2.10. The Morgan fingerprint density at radius 2 is 1.67 bits per heavy atom. The molecule has 0 atom stereocenters. The molecule has 0 aromatic carbocycles. The first-order valence-electron chi connectivity index (χ1n) is 5.26. The monoisotopic (exact) mass is 233 g/mol. The Kier molecular flexibility index (Phi) is 7.07. The van der Waals surface area contributed by atoms with Gasteiger partial charge in [-0.3, -0.25) is 9.34 Å². The van der Waals surface area contributed by atoms with E-state index in [-0.39, 0.29) is 0 Å². The normalized spacial score (nSPS) is 13.4. The Hall–Kier alpha value is -0.180. The van der Waals surface area contributed by atoms with Crippen LogP contribution in [-0.2, 0) is 4.74 Å². The van der Waals surface area contributed by atoms with E-state index in [9.17, 15) is 0 Å². The Bertz CT molecular complexity index is 197. The van der Waals surface area contributed by atoms with Gasteiger partial charge in [-0.15, -0.1) is 0 Å². The van der Waals surface area contributed by atoms with Crippen LogP contribution in [0.25, 0.3) is 0 Å². The number of hydrogen-bond acceptors (Lipinski definition) is 4. The van der Waals surface area contributed by atoms with E-state index in [1.165, 1.54) is 0 Å². The van der Waals surface area contributed by atoms with Crippen molar-refractivity contribution >= 4 is 14.3 Å². The lowest BCUT2D eigenvalue weighted by Gasteiger charge is -2.26. The van der Waals surface area contributed by atoms with Crippen LogP contribution in [0.1, 0.15) is 20.8 Å². The van der Waals surface area contributed by atoms with E-state index in [2.05, 4.69) is 28.0 Å². The summed E-state index contributed by atoms with van der Waals surface area (Å²) < 4.78 is 14.5. The number of rotatable bonds is 5. The third-order valence-electron chi connectivity index (χ3n) is 1.69. The van der Waals surface area contributed by atoms with Crippen molar-refractivity contribution in [2.75, 3.05) is 34.8 Å². The van der Waals surface area contributed by atoms with Crippen LogP contribution in [-0.4, -0.2) is 50.0 Å². The summed E-state index contributed by atoms with van der Waals surface area (Å²) in [6, 6.07) is 0. The molecule has 0 heterocycles. The molecule has 5 heteroatoms. The van der Waals surface area contributed by atoms with Gasteiger partial charge in [-0.25, -0.2) is 0 Å². The summed E-state index contributed by atoms with van der Waals surface area (Å²) in [7, 11) is 7.53. The Labute approximate surface area is 95.2 Å². The predicted molar refractivity (Wildman–Crippen MR) is 68.2 cm³/mol. The molecular formula is C10H24N3OP. The van der Waals surface area contributed by atoms with Crippen LogP contribution in [0.4, 0.5) is 0 Å². The van der Waals surface area contributed by atoms with E-state index in [0.717, 1.165) is 5.90 Å². The van der Waals surface area contributed by atoms with Crippen LogP contribution in [0.15, 0.2) is 4.76 Å². The van der Waals surface area contributed by atoms with Gasteiger partial charge >= 0.3 is 0 Å². The first kappa shape index (κ1) is 14.8. The van der Waals surface area contributed by atoms with Crippen molar-refractivity contribution in [2.24, 2.45) is 10.7 Å². The molecule has 0 saturated carbocycles. The average molecular weight is 233 g/mol. The zero-order valence-corrected chi connectivity index (χ0v) is 11.9. The van der Waals surface area contributed by atoms with Gasteiger partial charge in [-0.05, 0) is 35.1 Å². The van der Waals surface area contributed by atoms with Crippen LogP contribution in [0.3, 0.4) is 0 Å². The SMILES string of the molecule is CCO/C(=N\P(N(C)C)N(C)C)C(C)C. The van der Waals surface area contributed by atoms with Crippen molar-refractivity contribution < 1.29 is 4.74 Å². The zero-order chi connectivity index (χ0) is 12.0. The second kappa shape index (κ2) is 7.15. The number of ether oxygens (including phenoxy) is 1. The fourth-order valence-corrected chi connectivity index (χ4v) is 2.62. The summed E-state index contributed by atoms with van der Waals surface area (Å²) in [5, 5.41) is 0. The summed E-state index contributed by atoms with van der Waals surface area (Å²) in [4.78, 5) is 0. The molecule has 0 unspecified atom stereocenters. The van der Waals surface area contributed by atoms with Gasteiger partial charge < -0.3 is 4.74 Å². The van der Waals surface area contributed by atoms with Crippen LogP contribution in [0, 0.1) is 5.92 Å². The molecule has 0 N–H and O–H groups in total. The fraction of sp³-hybridized carbons (Fsp3) is 0.900. The number of hydrogen-bond donors (Lipinski definition) is 0. The van der Waals surface area contributed by atoms with Gasteiger partial charge in [0.1, 0.15) is 0 Å². The van der Waals surface area contributed by atoms with E-state index in [4.69, 9.17) is 4.74 Å². The Morgan fingerprint density at radius 3 is 1.93 bits per heavy atom. The standard InChI is InChI=1S/C10H24N3OP/c1-8-14-10(9(2)3)11-15(12(4)5)13(6)7/h9H,8H2,1-7H3/b11-10-.